The summed E-state index contributed by atoms with van der Waals surface area (Å²) in [5.74, 6) is 0. The van der Waals surface area contributed by atoms with Gasteiger partial charge in [0.15, 0.2) is 0 Å². The molecule has 5 aromatic rings. The molecule has 5 heterocycles. The Kier molecular flexibility index (Phi) is 18.7. The van der Waals surface area contributed by atoms with Gasteiger partial charge in [0.05, 0.1) is 0 Å². The van der Waals surface area contributed by atoms with Crippen molar-refractivity contribution in [3.8, 4) is 19.5 Å². The number of aryl methyl sites for hydroxylation is 2. The number of thiophene rings is 5. The maximum atomic E-state index is 2.67. The predicted molar refractivity (Wildman–Crippen MR) is 259 cm³/mol. The van der Waals surface area contributed by atoms with Crippen LogP contribution in [0.4, 0.5) is 0 Å². The minimum atomic E-state index is -2.16. The molecule has 0 aliphatic carbocycles. The van der Waals surface area contributed by atoms with Crippen LogP contribution in [0.25, 0.3) is 38.3 Å². The Bertz CT molecular complexity index is 1670. The third-order valence-corrected chi connectivity index (χ3v) is 36.3. The van der Waals surface area contributed by atoms with Gasteiger partial charge in [0.25, 0.3) is 0 Å². The standard InChI is InChI=1S/C40H54S5.6CH3.2Sn/c1-3-5-7-9-11-13-15-17-19-21-23-31-25-27-41-37(31)33-29-35-39(44-33)40-36(43-35)30-34(45-40)38-32(26-28-42-38)24-22-20-18-16-14-12-10-8-6-4-2;;;;;;;;/h25-26,29-30H,3-24H2,1-2H3;6*1H3;;. The van der Waals surface area contributed by atoms with Crippen molar-refractivity contribution in [1.82, 2.24) is 0 Å². The van der Waals surface area contributed by atoms with E-state index in [0.717, 1.165) is 0 Å². The number of fused-ring (bicyclic) bond motifs is 3. The molecule has 0 aliphatic rings. The SMILES string of the molecule is CCCCCCCCCCCCc1c[c]([Sn]([CH3])([CH3])[CH3])sc1-c1cc2sc3cc(-c4s[c]([Sn]([CH3])([CH3])[CH3])cc4CCCCCCCCCCCC)sc3c2s1. The van der Waals surface area contributed by atoms with Gasteiger partial charge in [0, 0.05) is 0 Å². The fraction of sp³-hybridized carbons (Fsp3) is 0.652. The van der Waals surface area contributed by atoms with Crippen LogP contribution in [0.3, 0.4) is 0 Å². The topological polar surface area (TPSA) is 0 Å². The van der Waals surface area contributed by atoms with E-state index >= 15 is 0 Å². The molecule has 0 saturated heterocycles. The molecule has 0 bridgehead atoms. The average molecular weight is 1020 g/mol. The molecule has 0 nitrogen and oxygen atoms in total. The fourth-order valence-electron chi connectivity index (χ4n) is 7.55. The van der Waals surface area contributed by atoms with E-state index in [-0.39, 0.29) is 0 Å². The summed E-state index contributed by atoms with van der Waals surface area (Å²) in [5, 5.41) is 0. The Labute approximate surface area is 353 Å². The molecule has 0 atom stereocenters. The maximum absolute atomic E-state index is 2.67. The summed E-state index contributed by atoms with van der Waals surface area (Å²) in [5.41, 5.74) is 3.31. The second-order valence-electron chi connectivity index (χ2n) is 18.0. The van der Waals surface area contributed by atoms with E-state index in [4.69, 9.17) is 0 Å². The van der Waals surface area contributed by atoms with E-state index in [1.54, 1.807) is 45.8 Å². The van der Waals surface area contributed by atoms with E-state index in [9.17, 15) is 0 Å². The zero-order valence-electron chi connectivity index (χ0n) is 34.9. The number of hydrogen-bond donors (Lipinski definition) is 0. The van der Waals surface area contributed by atoms with Crippen LogP contribution in [0.2, 0.25) is 29.6 Å². The van der Waals surface area contributed by atoms with Gasteiger partial charge in [-0.15, -0.1) is 0 Å². The molecule has 0 spiro atoms. The van der Waals surface area contributed by atoms with Crippen LogP contribution >= 0.6 is 56.7 Å². The van der Waals surface area contributed by atoms with Crippen LogP contribution in [0.5, 0.6) is 0 Å². The van der Waals surface area contributed by atoms with Gasteiger partial charge >= 0.3 is 318 Å². The molecule has 294 valence electrons. The van der Waals surface area contributed by atoms with Crippen molar-refractivity contribution < 1.29 is 0 Å². The molecule has 0 saturated carbocycles. The van der Waals surface area contributed by atoms with E-state index < -0.39 is 36.8 Å². The third kappa shape index (κ3) is 13.3. The third-order valence-electron chi connectivity index (χ3n) is 11.0. The van der Waals surface area contributed by atoms with Crippen LogP contribution in [0.15, 0.2) is 24.3 Å². The van der Waals surface area contributed by atoms with Crippen LogP contribution in [-0.2, 0) is 12.8 Å². The summed E-state index contributed by atoms with van der Waals surface area (Å²) in [6.45, 7) is 4.63. The molecule has 5 aromatic heterocycles. The van der Waals surface area contributed by atoms with Gasteiger partial charge in [-0.25, -0.2) is 0 Å². The van der Waals surface area contributed by atoms with Gasteiger partial charge in [-0.3, -0.25) is 0 Å². The summed E-state index contributed by atoms with van der Waals surface area (Å²) in [6, 6.07) is 10.5. The van der Waals surface area contributed by atoms with Crippen LogP contribution in [0.1, 0.15) is 153 Å². The number of unbranched alkanes of at least 4 members (excludes halogenated alkanes) is 18. The van der Waals surface area contributed by atoms with Crippen molar-refractivity contribution in [3.05, 3.63) is 35.4 Å². The Morgan fingerprint density at radius 1 is 0.377 bits per heavy atom. The molecule has 0 radical (unpaired) electrons. The van der Waals surface area contributed by atoms with Gasteiger partial charge in [-0.1, -0.05) is 39.5 Å². The molecule has 0 aliphatic heterocycles. The van der Waals surface area contributed by atoms with Crippen LogP contribution in [-0.4, -0.2) is 36.8 Å². The Morgan fingerprint density at radius 3 is 1.02 bits per heavy atom. The van der Waals surface area contributed by atoms with Gasteiger partial charge in [0.2, 0.25) is 0 Å². The van der Waals surface area contributed by atoms with E-state index in [0.29, 0.717) is 0 Å². The molecular weight excluding hydrogens is 950 g/mol. The summed E-state index contributed by atoms with van der Waals surface area (Å²) in [4.78, 5) is 21.9. The van der Waals surface area contributed by atoms with Crippen molar-refractivity contribution in [2.24, 2.45) is 0 Å². The zero-order valence-corrected chi connectivity index (χ0v) is 44.7. The molecule has 53 heavy (non-hydrogen) atoms. The zero-order chi connectivity index (χ0) is 37.8. The van der Waals surface area contributed by atoms with Gasteiger partial charge in [-0.05, 0) is 0 Å². The fourth-order valence-corrected chi connectivity index (χ4v) is 24.8. The Morgan fingerprint density at radius 2 is 0.698 bits per heavy atom. The Balaban J connectivity index is 1.26. The van der Waals surface area contributed by atoms with Crippen LogP contribution < -0.4 is 5.79 Å². The first-order chi connectivity index (χ1) is 25.5. The molecule has 0 fully saturated rings. The first-order valence-corrected chi connectivity index (χ1v) is 45.8. The molecule has 0 amide bonds. The average Bonchev–Trinajstić information content (AvgIpc) is 3.92. The molecule has 5 rings (SSSR count). The van der Waals surface area contributed by atoms with Crippen LogP contribution in [0, 0.1) is 0 Å². The van der Waals surface area contributed by atoms with E-state index in [2.05, 4.69) is 124 Å². The summed E-state index contributed by atoms with van der Waals surface area (Å²) in [6.07, 6.45) is 30.7. The molecule has 7 heteroatoms. The Hall–Kier alpha value is 0.617. The molecule has 0 unspecified atom stereocenters. The van der Waals surface area contributed by atoms with Crippen molar-refractivity contribution in [2.45, 2.75) is 185 Å². The second kappa shape index (κ2) is 22.1. The number of hydrogen-bond acceptors (Lipinski definition) is 5. The second-order valence-corrected chi connectivity index (χ2v) is 54.1. The normalized spacial score (nSPS) is 12.7. The number of rotatable bonds is 26. The summed E-state index contributed by atoms with van der Waals surface area (Å²) >= 11 is 6.27. The summed E-state index contributed by atoms with van der Waals surface area (Å²) in [7, 11) is 0. The van der Waals surface area contributed by atoms with E-state index in [1.807, 2.05) is 0 Å². The van der Waals surface area contributed by atoms with Gasteiger partial charge in [-0.2, -0.15) is 0 Å². The van der Waals surface area contributed by atoms with Gasteiger partial charge in [0.1, 0.15) is 0 Å². The monoisotopic (exact) mass is 1020 g/mol. The van der Waals surface area contributed by atoms with Gasteiger partial charge < -0.3 is 0 Å². The molecular formula is C46H72S5Sn2. The first-order valence-electron chi connectivity index (χ1n) is 21.7. The van der Waals surface area contributed by atoms with Crippen molar-refractivity contribution in [2.75, 3.05) is 0 Å². The van der Waals surface area contributed by atoms with Crippen molar-refractivity contribution in [3.63, 3.8) is 0 Å². The van der Waals surface area contributed by atoms with Crippen molar-refractivity contribution in [1.29, 1.82) is 0 Å². The summed E-state index contributed by atoms with van der Waals surface area (Å²) < 4.78 is 9.64. The molecule has 0 N–H and O–H groups in total. The van der Waals surface area contributed by atoms with Crippen molar-refractivity contribution >= 4 is 118 Å². The first kappa shape index (κ1) is 44.7. The minimum absolute atomic E-state index is 1.26. The molecule has 0 aromatic carbocycles. The predicted octanol–water partition coefficient (Wildman–Crippen LogP) is 17.7. The quantitative estimate of drug-likeness (QED) is 0.0382. The van der Waals surface area contributed by atoms with E-state index in [1.165, 1.54) is 151 Å².